The van der Waals surface area contributed by atoms with Crippen molar-refractivity contribution in [1.29, 1.82) is 0 Å². The van der Waals surface area contributed by atoms with Gasteiger partial charge < -0.3 is 14.8 Å². The molecular formula is C20H21ClN2O4. The van der Waals surface area contributed by atoms with E-state index in [1.54, 1.807) is 38.1 Å². The molecule has 1 aliphatic rings. The third-order valence-electron chi connectivity index (χ3n) is 4.27. The smallest absolute Gasteiger partial charge is 0.271 e. The van der Waals surface area contributed by atoms with Gasteiger partial charge in [0.2, 0.25) is 5.91 Å². The van der Waals surface area contributed by atoms with Gasteiger partial charge in [-0.3, -0.25) is 14.5 Å². The molecule has 6 nitrogen and oxygen atoms in total. The van der Waals surface area contributed by atoms with Gasteiger partial charge in [0.15, 0.2) is 5.60 Å². The quantitative estimate of drug-likeness (QED) is 0.865. The van der Waals surface area contributed by atoms with Gasteiger partial charge in [0.25, 0.3) is 5.91 Å². The van der Waals surface area contributed by atoms with Crippen LogP contribution in [0.5, 0.6) is 11.5 Å². The maximum absolute atomic E-state index is 12.8. The lowest BCUT2D eigenvalue weighted by atomic mass is 10.0. The van der Waals surface area contributed by atoms with E-state index in [1.165, 1.54) is 12.0 Å². The second-order valence-electron chi connectivity index (χ2n) is 6.87. The minimum atomic E-state index is -1.08. The molecule has 27 heavy (non-hydrogen) atoms. The molecule has 2 amide bonds. The van der Waals surface area contributed by atoms with Crippen molar-refractivity contribution in [2.45, 2.75) is 26.4 Å². The summed E-state index contributed by atoms with van der Waals surface area (Å²) in [7, 11) is 1.53. The van der Waals surface area contributed by atoms with Gasteiger partial charge in [-0.25, -0.2) is 0 Å². The standard InChI is InChI=1S/C20H21ClN2O4/c1-12-5-7-16(26-4)14(9-12)22-18(24)11-23-15-10-13(21)6-8-17(15)27-20(2,3)19(23)25/h5-10H,11H2,1-4H3,(H,22,24). The molecule has 1 heterocycles. The van der Waals surface area contributed by atoms with E-state index < -0.39 is 5.60 Å². The fraction of sp³-hybridized carbons (Fsp3) is 0.300. The Morgan fingerprint density at radius 3 is 2.70 bits per heavy atom. The van der Waals surface area contributed by atoms with E-state index in [9.17, 15) is 9.59 Å². The van der Waals surface area contributed by atoms with E-state index in [0.29, 0.717) is 27.9 Å². The Kier molecular flexibility index (Phi) is 5.02. The Balaban J connectivity index is 1.88. The highest BCUT2D eigenvalue weighted by Crippen LogP contribution is 2.39. The summed E-state index contributed by atoms with van der Waals surface area (Å²) in [6.45, 7) is 5.08. The molecule has 2 aromatic rings. The van der Waals surface area contributed by atoms with Gasteiger partial charge >= 0.3 is 0 Å². The number of carbonyl (C=O) groups excluding carboxylic acids is 2. The average Bonchev–Trinajstić information content (AvgIpc) is 2.60. The first-order valence-corrected chi connectivity index (χ1v) is 8.84. The van der Waals surface area contributed by atoms with E-state index in [0.717, 1.165) is 5.56 Å². The molecule has 0 saturated heterocycles. The fourth-order valence-electron chi connectivity index (χ4n) is 2.95. The normalized spacial score (nSPS) is 15.0. The maximum Gasteiger partial charge on any atom is 0.271 e. The van der Waals surface area contributed by atoms with E-state index in [4.69, 9.17) is 21.1 Å². The topological polar surface area (TPSA) is 67.9 Å². The zero-order valence-electron chi connectivity index (χ0n) is 15.6. The zero-order chi connectivity index (χ0) is 19.8. The van der Waals surface area contributed by atoms with Crippen LogP contribution in [0.2, 0.25) is 5.02 Å². The zero-order valence-corrected chi connectivity index (χ0v) is 16.4. The third kappa shape index (κ3) is 3.85. The predicted octanol–water partition coefficient (Wildman–Crippen LogP) is 3.80. The van der Waals surface area contributed by atoms with Crippen LogP contribution in [-0.2, 0) is 9.59 Å². The number of aryl methyl sites for hydroxylation is 1. The van der Waals surface area contributed by atoms with Crippen molar-refractivity contribution in [3.8, 4) is 11.5 Å². The van der Waals surface area contributed by atoms with E-state index in [-0.39, 0.29) is 18.4 Å². The molecule has 1 N–H and O–H groups in total. The number of fused-ring (bicyclic) bond motifs is 1. The number of ether oxygens (including phenoxy) is 2. The Hall–Kier alpha value is -2.73. The lowest BCUT2D eigenvalue weighted by molar-refractivity contribution is -0.133. The number of nitrogens with zero attached hydrogens (tertiary/aromatic N) is 1. The molecule has 2 aromatic carbocycles. The number of hydrogen-bond donors (Lipinski definition) is 1. The third-order valence-corrected chi connectivity index (χ3v) is 4.50. The average molecular weight is 389 g/mol. The van der Waals surface area contributed by atoms with E-state index >= 15 is 0 Å². The van der Waals surface area contributed by atoms with E-state index in [2.05, 4.69) is 5.32 Å². The number of amides is 2. The molecule has 0 aromatic heterocycles. The van der Waals surface area contributed by atoms with Gasteiger partial charge in [-0.05, 0) is 56.7 Å². The molecule has 0 fully saturated rings. The van der Waals surface area contributed by atoms with Gasteiger partial charge in [0, 0.05) is 5.02 Å². The minimum absolute atomic E-state index is 0.171. The summed E-state index contributed by atoms with van der Waals surface area (Å²) in [5.74, 6) is 0.385. The van der Waals surface area contributed by atoms with Gasteiger partial charge in [0.1, 0.15) is 18.0 Å². The number of anilines is 2. The SMILES string of the molecule is COc1ccc(C)cc1NC(=O)CN1C(=O)C(C)(C)Oc2ccc(Cl)cc21. The van der Waals surface area contributed by atoms with Crippen molar-refractivity contribution in [1.82, 2.24) is 0 Å². The van der Waals surface area contributed by atoms with Gasteiger partial charge in [-0.1, -0.05) is 17.7 Å². The van der Waals surface area contributed by atoms with Gasteiger partial charge in [-0.15, -0.1) is 0 Å². The fourth-order valence-corrected chi connectivity index (χ4v) is 3.12. The number of rotatable bonds is 4. The Bertz CT molecular complexity index is 911. The van der Waals surface area contributed by atoms with Crippen molar-refractivity contribution in [2.75, 3.05) is 23.9 Å². The summed E-state index contributed by atoms with van der Waals surface area (Å²) in [4.78, 5) is 26.9. The summed E-state index contributed by atoms with van der Waals surface area (Å²) in [5, 5.41) is 3.27. The summed E-state index contributed by atoms with van der Waals surface area (Å²) in [6.07, 6.45) is 0. The molecular weight excluding hydrogens is 368 g/mol. The van der Waals surface area contributed by atoms with Crippen LogP contribution in [0.15, 0.2) is 36.4 Å². The van der Waals surface area contributed by atoms with Crippen molar-refractivity contribution in [2.24, 2.45) is 0 Å². The molecule has 142 valence electrons. The number of methoxy groups -OCH3 is 1. The summed E-state index contributed by atoms with van der Waals surface area (Å²) >= 11 is 6.07. The largest absolute Gasteiger partial charge is 0.495 e. The van der Waals surface area contributed by atoms with Crippen molar-refractivity contribution in [3.05, 3.63) is 47.0 Å². The highest BCUT2D eigenvalue weighted by molar-refractivity contribution is 6.31. The molecule has 3 rings (SSSR count). The van der Waals surface area contributed by atoms with Crippen molar-refractivity contribution < 1.29 is 19.1 Å². The monoisotopic (exact) mass is 388 g/mol. The molecule has 1 aliphatic heterocycles. The molecule has 0 saturated carbocycles. The summed E-state index contributed by atoms with van der Waals surface area (Å²) < 4.78 is 11.1. The molecule has 0 aliphatic carbocycles. The lowest BCUT2D eigenvalue weighted by Crippen LogP contribution is -2.54. The second kappa shape index (κ2) is 7.12. The Morgan fingerprint density at radius 2 is 2.00 bits per heavy atom. The maximum atomic E-state index is 12.8. The first-order chi connectivity index (χ1) is 12.7. The van der Waals surface area contributed by atoms with Crippen LogP contribution in [0, 0.1) is 6.92 Å². The minimum Gasteiger partial charge on any atom is -0.495 e. The van der Waals surface area contributed by atoms with Crippen LogP contribution < -0.4 is 19.7 Å². The number of carbonyl (C=O) groups is 2. The number of halogens is 1. The van der Waals surface area contributed by atoms with E-state index in [1.807, 2.05) is 19.1 Å². The van der Waals surface area contributed by atoms with Crippen LogP contribution >= 0.6 is 11.6 Å². The predicted molar refractivity (Wildman–Crippen MR) is 105 cm³/mol. The Labute approximate surface area is 163 Å². The number of nitrogens with one attached hydrogen (secondary N) is 1. The second-order valence-corrected chi connectivity index (χ2v) is 7.30. The molecule has 0 atom stereocenters. The lowest BCUT2D eigenvalue weighted by Gasteiger charge is -2.38. The molecule has 7 heteroatoms. The van der Waals surface area contributed by atoms with Crippen molar-refractivity contribution >= 4 is 34.8 Å². The van der Waals surface area contributed by atoms with Crippen LogP contribution in [-0.4, -0.2) is 31.1 Å². The number of benzene rings is 2. The van der Waals surface area contributed by atoms with Gasteiger partial charge in [0.05, 0.1) is 18.5 Å². The summed E-state index contributed by atoms with van der Waals surface area (Å²) in [5.41, 5.74) is 0.918. The molecule has 0 spiro atoms. The first-order valence-electron chi connectivity index (χ1n) is 8.46. The molecule has 0 unspecified atom stereocenters. The van der Waals surface area contributed by atoms with Crippen LogP contribution in [0.3, 0.4) is 0 Å². The van der Waals surface area contributed by atoms with Crippen LogP contribution in [0.25, 0.3) is 0 Å². The van der Waals surface area contributed by atoms with Crippen LogP contribution in [0.4, 0.5) is 11.4 Å². The molecule has 0 bridgehead atoms. The van der Waals surface area contributed by atoms with Crippen molar-refractivity contribution in [3.63, 3.8) is 0 Å². The summed E-state index contributed by atoms with van der Waals surface area (Å²) in [6, 6.07) is 10.5. The highest BCUT2D eigenvalue weighted by atomic mass is 35.5. The van der Waals surface area contributed by atoms with Crippen LogP contribution in [0.1, 0.15) is 19.4 Å². The first kappa shape index (κ1) is 19.0. The van der Waals surface area contributed by atoms with Gasteiger partial charge in [-0.2, -0.15) is 0 Å². The highest BCUT2D eigenvalue weighted by Gasteiger charge is 2.41. The Morgan fingerprint density at radius 1 is 1.26 bits per heavy atom. The molecule has 0 radical (unpaired) electrons. The number of hydrogen-bond acceptors (Lipinski definition) is 4.